The molecule has 0 radical (unpaired) electrons. The molecule has 0 aromatic carbocycles. The van der Waals surface area contributed by atoms with Crippen molar-refractivity contribution in [3.8, 4) is 11.5 Å². The Morgan fingerprint density at radius 1 is 1.27 bits per heavy atom. The molecule has 0 spiro atoms. The van der Waals surface area contributed by atoms with Crippen molar-refractivity contribution in [2.24, 2.45) is 7.05 Å². The zero-order valence-electron chi connectivity index (χ0n) is 9.87. The topological polar surface area (TPSA) is 59.4 Å². The zero-order chi connectivity index (χ0) is 11.4. The summed E-state index contributed by atoms with van der Waals surface area (Å²) in [7, 11) is 1.88. The third-order valence-electron chi connectivity index (χ3n) is 1.83. The van der Waals surface area contributed by atoms with E-state index < -0.39 is 0 Å². The van der Waals surface area contributed by atoms with Crippen LogP contribution in [-0.4, -0.2) is 25.0 Å². The van der Waals surface area contributed by atoms with Crippen LogP contribution in [0.25, 0.3) is 11.5 Å². The number of aryl methyl sites for hydroxylation is 3. The molecule has 0 fully saturated rings. The van der Waals surface area contributed by atoms with Gasteiger partial charge in [-0.1, -0.05) is 13.8 Å². The minimum atomic E-state index is 0.695. The van der Waals surface area contributed by atoms with Gasteiger partial charge in [0, 0.05) is 7.05 Å². The van der Waals surface area contributed by atoms with Crippen molar-refractivity contribution in [2.45, 2.75) is 27.7 Å². The molecule has 0 bridgehead atoms. The highest BCUT2D eigenvalue weighted by atomic mass is 15.3. The van der Waals surface area contributed by atoms with E-state index >= 15 is 0 Å². The Balaban J connectivity index is 0.000000531. The number of nitrogens with zero attached hydrogens (tertiary/aromatic N) is 4. The molecule has 5 heteroatoms. The maximum Gasteiger partial charge on any atom is 0.199 e. The van der Waals surface area contributed by atoms with Gasteiger partial charge in [0.15, 0.2) is 5.82 Å². The highest BCUT2D eigenvalue weighted by Crippen LogP contribution is 2.14. The molecule has 0 saturated carbocycles. The Morgan fingerprint density at radius 2 is 1.93 bits per heavy atom. The standard InChI is InChI=1S/C8H11N5.C2H6/c1-5-4-7(13(3)12-5)8-9-6(2)10-11-8;1-2/h4H,1-3H3,(H,9,10,11);1-2H3. The molecule has 2 aromatic rings. The SMILES string of the molecule is CC.Cc1cc(-c2n[nH]c(C)n2)n(C)n1. The molecule has 0 saturated heterocycles. The van der Waals surface area contributed by atoms with Gasteiger partial charge in [0.1, 0.15) is 11.5 Å². The van der Waals surface area contributed by atoms with Crippen LogP contribution in [0.1, 0.15) is 25.4 Å². The number of hydrogen-bond acceptors (Lipinski definition) is 3. The summed E-state index contributed by atoms with van der Waals surface area (Å²) in [5.41, 5.74) is 1.90. The van der Waals surface area contributed by atoms with Crippen LogP contribution < -0.4 is 0 Å². The summed E-state index contributed by atoms with van der Waals surface area (Å²) in [4.78, 5) is 4.23. The summed E-state index contributed by atoms with van der Waals surface area (Å²) in [6.07, 6.45) is 0. The van der Waals surface area contributed by atoms with Crippen molar-refractivity contribution in [1.29, 1.82) is 0 Å². The normalized spacial score (nSPS) is 9.67. The van der Waals surface area contributed by atoms with E-state index in [9.17, 15) is 0 Å². The number of rotatable bonds is 1. The molecule has 0 aliphatic rings. The fourth-order valence-corrected chi connectivity index (χ4v) is 1.28. The Bertz CT molecular complexity index is 427. The van der Waals surface area contributed by atoms with Crippen LogP contribution >= 0.6 is 0 Å². The molecule has 0 aliphatic carbocycles. The number of aromatic amines is 1. The summed E-state index contributed by atoms with van der Waals surface area (Å²) in [5.74, 6) is 1.51. The van der Waals surface area contributed by atoms with Crippen LogP contribution in [-0.2, 0) is 7.05 Å². The molecule has 5 nitrogen and oxygen atoms in total. The van der Waals surface area contributed by atoms with Gasteiger partial charge in [-0.15, -0.1) is 0 Å². The molecular formula is C10H17N5. The molecule has 0 atom stereocenters. The molecule has 2 aromatic heterocycles. The molecule has 2 rings (SSSR count). The molecular weight excluding hydrogens is 190 g/mol. The fraction of sp³-hybridized carbons (Fsp3) is 0.500. The summed E-state index contributed by atoms with van der Waals surface area (Å²) in [6, 6.07) is 1.96. The third kappa shape index (κ3) is 2.43. The number of hydrogen-bond donors (Lipinski definition) is 1. The minimum Gasteiger partial charge on any atom is -0.264 e. The number of aromatic nitrogens is 5. The first-order valence-corrected chi connectivity index (χ1v) is 5.07. The minimum absolute atomic E-state index is 0.695. The Hall–Kier alpha value is -1.65. The van der Waals surface area contributed by atoms with Gasteiger partial charge in [0.25, 0.3) is 0 Å². The molecule has 0 amide bonds. The summed E-state index contributed by atoms with van der Waals surface area (Å²) < 4.78 is 1.78. The van der Waals surface area contributed by atoms with Gasteiger partial charge >= 0.3 is 0 Å². The first-order chi connectivity index (χ1) is 7.16. The summed E-state index contributed by atoms with van der Waals surface area (Å²) >= 11 is 0. The highest BCUT2D eigenvalue weighted by molar-refractivity contribution is 5.49. The lowest BCUT2D eigenvalue weighted by atomic mass is 10.3. The van der Waals surface area contributed by atoms with Crippen molar-refractivity contribution in [2.75, 3.05) is 0 Å². The van der Waals surface area contributed by atoms with Crippen molar-refractivity contribution in [1.82, 2.24) is 25.0 Å². The first kappa shape index (κ1) is 11.4. The van der Waals surface area contributed by atoms with Crippen molar-refractivity contribution >= 4 is 0 Å². The van der Waals surface area contributed by atoms with Crippen LogP contribution in [0.15, 0.2) is 6.07 Å². The quantitative estimate of drug-likeness (QED) is 0.776. The predicted octanol–water partition coefficient (Wildman–Crippen LogP) is 1.85. The van der Waals surface area contributed by atoms with E-state index in [0.29, 0.717) is 5.82 Å². The average Bonchev–Trinajstić information content (AvgIpc) is 2.76. The van der Waals surface area contributed by atoms with E-state index in [0.717, 1.165) is 17.2 Å². The van der Waals surface area contributed by atoms with Gasteiger partial charge < -0.3 is 0 Å². The van der Waals surface area contributed by atoms with Crippen LogP contribution in [0.2, 0.25) is 0 Å². The van der Waals surface area contributed by atoms with Gasteiger partial charge in [-0.2, -0.15) is 10.2 Å². The molecule has 82 valence electrons. The largest absolute Gasteiger partial charge is 0.264 e. The number of H-pyrrole nitrogens is 1. The van der Waals surface area contributed by atoms with Crippen molar-refractivity contribution < 1.29 is 0 Å². The maximum atomic E-state index is 4.23. The number of nitrogens with one attached hydrogen (secondary N) is 1. The third-order valence-corrected chi connectivity index (χ3v) is 1.83. The monoisotopic (exact) mass is 207 g/mol. The van der Waals surface area contributed by atoms with Gasteiger partial charge in [-0.05, 0) is 19.9 Å². The van der Waals surface area contributed by atoms with E-state index in [1.165, 1.54) is 0 Å². The summed E-state index contributed by atoms with van der Waals surface area (Å²) in [6.45, 7) is 7.82. The molecule has 0 unspecified atom stereocenters. The van der Waals surface area contributed by atoms with Gasteiger partial charge in [0.05, 0.1) is 5.69 Å². The van der Waals surface area contributed by atoms with Crippen LogP contribution in [0, 0.1) is 13.8 Å². The lowest BCUT2D eigenvalue weighted by molar-refractivity contribution is 0.759. The van der Waals surface area contributed by atoms with Crippen LogP contribution in [0.3, 0.4) is 0 Å². The van der Waals surface area contributed by atoms with E-state index in [1.54, 1.807) is 4.68 Å². The highest BCUT2D eigenvalue weighted by Gasteiger charge is 2.08. The van der Waals surface area contributed by atoms with Gasteiger partial charge in [0.2, 0.25) is 0 Å². The van der Waals surface area contributed by atoms with Crippen molar-refractivity contribution in [3.05, 3.63) is 17.6 Å². The predicted molar refractivity (Wildman–Crippen MR) is 59.4 cm³/mol. The van der Waals surface area contributed by atoms with E-state index in [-0.39, 0.29) is 0 Å². The van der Waals surface area contributed by atoms with E-state index in [1.807, 2.05) is 40.8 Å². The van der Waals surface area contributed by atoms with Crippen molar-refractivity contribution in [3.63, 3.8) is 0 Å². The molecule has 2 heterocycles. The second-order valence-corrected chi connectivity index (χ2v) is 3.04. The molecule has 0 aliphatic heterocycles. The Kier molecular flexibility index (Phi) is 3.60. The second kappa shape index (κ2) is 4.72. The average molecular weight is 207 g/mol. The van der Waals surface area contributed by atoms with Crippen LogP contribution in [0.4, 0.5) is 0 Å². The fourth-order valence-electron chi connectivity index (χ4n) is 1.28. The summed E-state index contributed by atoms with van der Waals surface area (Å²) in [5, 5.41) is 11.1. The van der Waals surface area contributed by atoms with E-state index in [4.69, 9.17) is 0 Å². The Labute approximate surface area is 89.5 Å². The smallest absolute Gasteiger partial charge is 0.199 e. The lowest BCUT2D eigenvalue weighted by Gasteiger charge is -1.93. The molecule has 15 heavy (non-hydrogen) atoms. The van der Waals surface area contributed by atoms with Crippen LogP contribution in [0.5, 0.6) is 0 Å². The second-order valence-electron chi connectivity index (χ2n) is 3.04. The van der Waals surface area contributed by atoms with Gasteiger partial charge in [-0.25, -0.2) is 4.98 Å². The van der Waals surface area contributed by atoms with E-state index in [2.05, 4.69) is 20.3 Å². The Morgan fingerprint density at radius 3 is 2.33 bits per heavy atom. The zero-order valence-corrected chi connectivity index (χ0v) is 9.87. The van der Waals surface area contributed by atoms with Gasteiger partial charge in [-0.3, -0.25) is 9.78 Å². The first-order valence-electron chi connectivity index (χ1n) is 5.07. The maximum absolute atomic E-state index is 4.23. The molecule has 1 N–H and O–H groups in total. The lowest BCUT2D eigenvalue weighted by Crippen LogP contribution is -1.94.